The van der Waals surface area contributed by atoms with Gasteiger partial charge in [-0.3, -0.25) is 0 Å². The van der Waals surface area contributed by atoms with E-state index in [2.05, 4.69) is 0 Å². The summed E-state index contributed by atoms with van der Waals surface area (Å²) >= 11 is 1.66. The predicted molar refractivity (Wildman–Crippen MR) is 57.2 cm³/mol. The molecule has 0 radical (unpaired) electrons. The van der Waals surface area contributed by atoms with Crippen LogP contribution in [0.1, 0.15) is 24.1 Å². The molecule has 13 heavy (non-hydrogen) atoms. The first kappa shape index (κ1) is 10.4. The second kappa shape index (κ2) is 4.03. The molecule has 1 unspecified atom stereocenters. The van der Waals surface area contributed by atoms with Gasteiger partial charge >= 0.3 is 0 Å². The van der Waals surface area contributed by atoms with Crippen LogP contribution in [0, 0.1) is 6.92 Å². The number of aromatic hydroxyl groups is 1. The Bertz CT molecular complexity index is 310. The quantitative estimate of drug-likeness (QED) is 0.716. The van der Waals surface area contributed by atoms with E-state index in [9.17, 15) is 5.11 Å². The van der Waals surface area contributed by atoms with E-state index >= 15 is 0 Å². The lowest BCUT2D eigenvalue weighted by molar-refractivity contribution is 0.469. The van der Waals surface area contributed by atoms with Gasteiger partial charge in [0.05, 0.1) is 0 Å². The first-order chi connectivity index (χ1) is 6.06. The van der Waals surface area contributed by atoms with Crippen LogP contribution in [-0.4, -0.2) is 11.4 Å². The number of thioether (sulfide) groups is 1. The summed E-state index contributed by atoms with van der Waals surface area (Å²) in [4.78, 5) is 1.14. The van der Waals surface area contributed by atoms with Crippen LogP contribution >= 0.6 is 11.8 Å². The Morgan fingerprint density at radius 3 is 2.54 bits per heavy atom. The Labute approximate surface area is 83.1 Å². The fourth-order valence-corrected chi connectivity index (χ4v) is 1.99. The van der Waals surface area contributed by atoms with Crippen LogP contribution in [0.5, 0.6) is 5.75 Å². The third-order valence-corrected chi connectivity index (χ3v) is 2.83. The van der Waals surface area contributed by atoms with Crippen LogP contribution in [0.4, 0.5) is 0 Å². The van der Waals surface area contributed by atoms with Crippen molar-refractivity contribution in [1.29, 1.82) is 0 Å². The summed E-state index contributed by atoms with van der Waals surface area (Å²) in [5.74, 6) is 0.324. The minimum Gasteiger partial charge on any atom is -0.508 e. The largest absolute Gasteiger partial charge is 0.508 e. The standard InChI is InChI=1S/C10H15NOS/c1-6-4-10(13-3)8(7(2)11)5-9(6)12/h4-5,7,12H,11H2,1-3H3. The summed E-state index contributed by atoms with van der Waals surface area (Å²) in [6.07, 6.45) is 2.01. The molecule has 0 spiro atoms. The molecule has 0 bridgehead atoms. The predicted octanol–water partition coefficient (Wildman–Crippen LogP) is 2.44. The van der Waals surface area contributed by atoms with Crippen LogP contribution in [0.2, 0.25) is 0 Å². The molecule has 0 aliphatic carbocycles. The highest BCUT2D eigenvalue weighted by Gasteiger charge is 2.09. The Balaban J connectivity index is 3.25. The molecule has 1 atom stereocenters. The average molecular weight is 197 g/mol. The minimum atomic E-state index is -0.0334. The SMILES string of the molecule is CSc1cc(C)c(O)cc1C(C)N. The van der Waals surface area contributed by atoms with Gasteiger partial charge in [-0.1, -0.05) is 0 Å². The number of benzene rings is 1. The van der Waals surface area contributed by atoms with Crippen LogP contribution < -0.4 is 5.73 Å². The van der Waals surface area contributed by atoms with Crippen molar-refractivity contribution in [3.63, 3.8) is 0 Å². The number of hydrogen-bond acceptors (Lipinski definition) is 3. The molecule has 1 aromatic carbocycles. The Morgan fingerprint density at radius 2 is 2.08 bits per heavy atom. The summed E-state index contributed by atoms with van der Waals surface area (Å²) in [6.45, 7) is 3.81. The summed E-state index contributed by atoms with van der Waals surface area (Å²) in [5, 5.41) is 9.50. The molecule has 0 heterocycles. The van der Waals surface area contributed by atoms with Crippen molar-refractivity contribution in [2.24, 2.45) is 5.73 Å². The number of aryl methyl sites for hydroxylation is 1. The lowest BCUT2D eigenvalue weighted by Crippen LogP contribution is -2.06. The second-order valence-electron chi connectivity index (χ2n) is 3.17. The number of phenolic OH excluding ortho intramolecular Hbond substituents is 1. The Kier molecular flexibility index (Phi) is 3.22. The van der Waals surface area contributed by atoms with Gasteiger partial charge in [0.25, 0.3) is 0 Å². The molecule has 0 amide bonds. The first-order valence-electron chi connectivity index (χ1n) is 4.19. The highest BCUT2D eigenvalue weighted by molar-refractivity contribution is 7.98. The van der Waals surface area contributed by atoms with Gasteiger partial charge in [0.2, 0.25) is 0 Å². The topological polar surface area (TPSA) is 46.2 Å². The lowest BCUT2D eigenvalue weighted by Gasteiger charge is -2.12. The van der Waals surface area contributed by atoms with E-state index in [0.29, 0.717) is 5.75 Å². The summed E-state index contributed by atoms with van der Waals surface area (Å²) in [5.41, 5.74) is 7.69. The molecule has 72 valence electrons. The van der Waals surface area contributed by atoms with Crippen LogP contribution in [-0.2, 0) is 0 Å². The number of nitrogens with two attached hydrogens (primary N) is 1. The van der Waals surface area contributed by atoms with Gasteiger partial charge in [-0.2, -0.15) is 0 Å². The lowest BCUT2D eigenvalue weighted by atomic mass is 10.1. The second-order valence-corrected chi connectivity index (χ2v) is 4.02. The van der Waals surface area contributed by atoms with Gasteiger partial charge in [0.15, 0.2) is 0 Å². The van der Waals surface area contributed by atoms with Crippen molar-refractivity contribution in [2.75, 3.05) is 6.26 Å². The van der Waals surface area contributed by atoms with Gasteiger partial charge in [0.1, 0.15) is 5.75 Å². The zero-order chi connectivity index (χ0) is 10.0. The minimum absolute atomic E-state index is 0.0334. The highest BCUT2D eigenvalue weighted by Crippen LogP contribution is 2.30. The van der Waals surface area contributed by atoms with E-state index in [0.717, 1.165) is 16.0 Å². The molecular weight excluding hydrogens is 182 g/mol. The highest BCUT2D eigenvalue weighted by atomic mass is 32.2. The van der Waals surface area contributed by atoms with Gasteiger partial charge in [0, 0.05) is 10.9 Å². The molecule has 1 aromatic rings. The summed E-state index contributed by atoms with van der Waals surface area (Å²) in [7, 11) is 0. The number of hydrogen-bond donors (Lipinski definition) is 2. The van der Waals surface area contributed by atoms with Crippen molar-refractivity contribution < 1.29 is 5.11 Å². The smallest absolute Gasteiger partial charge is 0.118 e. The molecule has 3 N–H and O–H groups in total. The van der Waals surface area contributed by atoms with Gasteiger partial charge in [-0.25, -0.2) is 0 Å². The zero-order valence-corrected chi connectivity index (χ0v) is 8.98. The summed E-state index contributed by atoms with van der Waals surface area (Å²) in [6, 6.07) is 3.69. The summed E-state index contributed by atoms with van der Waals surface area (Å²) < 4.78 is 0. The molecule has 0 aromatic heterocycles. The molecule has 0 saturated carbocycles. The van der Waals surface area contributed by atoms with Crippen molar-refractivity contribution in [3.8, 4) is 5.75 Å². The maximum atomic E-state index is 9.50. The third-order valence-electron chi connectivity index (χ3n) is 2.04. The monoisotopic (exact) mass is 197 g/mol. The maximum Gasteiger partial charge on any atom is 0.118 e. The molecule has 0 aliphatic heterocycles. The van der Waals surface area contributed by atoms with Gasteiger partial charge < -0.3 is 10.8 Å². The van der Waals surface area contributed by atoms with E-state index in [1.54, 1.807) is 17.8 Å². The zero-order valence-electron chi connectivity index (χ0n) is 8.16. The molecule has 0 fully saturated rings. The van der Waals surface area contributed by atoms with E-state index in [-0.39, 0.29) is 6.04 Å². The van der Waals surface area contributed by atoms with Crippen LogP contribution in [0.3, 0.4) is 0 Å². The molecule has 3 heteroatoms. The average Bonchev–Trinajstić information content (AvgIpc) is 2.08. The van der Waals surface area contributed by atoms with E-state index < -0.39 is 0 Å². The van der Waals surface area contributed by atoms with Crippen LogP contribution in [0.25, 0.3) is 0 Å². The Hall–Kier alpha value is -0.670. The van der Waals surface area contributed by atoms with Gasteiger partial charge in [-0.15, -0.1) is 11.8 Å². The molecule has 0 aliphatic rings. The van der Waals surface area contributed by atoms with E-state index in [1.807, 2.05) is 26.2 Å². The van der Waals surface area contributed by atoms with E-state index in [4.69, 9.17) is 5.73 Å². The first-order valence-corrected chi connectivity index (χ1v) is 5.41. The third kappa shape index (κ3) is 2.17. The van der Waals surface area contributed by atoms with Crippen molar-refractivity contribution in [2.45, 2.75) is 24.8 Å². The molecule has 2 nitrogen and oxygen atoms in total. The van der Waals surface area contributed by atoms with Crippen molar-refractivity contribution in [3.05, 3.63) is 23.3 Å². The maximum absolute atomic E-state index is 9.50. The molecular formula is C10H15NOS. The number of rotatable bonds is 2. The Morgan fingerprint density at radius 1 is 1.46 bits per heavy atom. The van der Waals surface area contributed by atoms with Gasteiger partial charge in [-0.05, 0) is 43.4 Å². The molecule has 1 rings (SSSR count). The normalized spacial score (nSPS) is 12.9. The van der Waals surface area contributed by atoms with E-state index in [1.165, 1.54) is 0 Å². The van der Waals surface area contributed by atoms with Crippen molar-refractivity contribution in [1.82, 2.24) is 0 Å². The fraction of sp³-hybridized carbons (Fsp3) is 0.400. The van der Waals surface area contributed by atoms with Crippen LogP contribution in [0.15, 0.2) is 17.0 Å². The number of phenols is 1. The molecule has 0 saturated heterocycles. The van der Waals surface area contributed by atoms with Crippen molar-refractivity contribution >= 4 is 11.8 Å². The fourth-order valence-electron chi connectivity index (χ4n) is 1.22.